The minimum Gasteiger partial charge on any atom is -0.361 e. The number of hydrogen-bond donors (Lipinski definition) is 1. The summed E-state index contributed by atoms with van der Waals surface area (Å²) in [7, 11) is 0. The standard InChI is InChI=1S/C13H23N3O/c1-10-13(11(2)17-15-10)6-8-16-7-4-3-5-12(16)9-14/h12H,3-9,14H2,1-2H3. The highest BCUT2D eigenvalue weighted by Crippen LogP contribution is 2.18. The van der Waals surface area contributed by atoms with Crippen molar-refractivity contribution in [1.29, 1.82) is 0 Å². The molecule has 0 aromatic carbocycles. The molecule has 1 aromatic rings. The van der Waals surface area contributed by atoms with E-state index in [0.29, 0.717) is 6.04 Å². The van der Waals surface area contributed by atoms with Gasteiger partial charge in [-0.25, -0.2) is 0 Å². The third kappa shape index (κ3) is 2.87. The van der Waals surface area contributed by atoms with Gasteiger partial charge in [0.25, 0.3) is 0 Å². The van der Waals surface area contributed by atoms with Crippen molar-refractivity contribution in [2.45, 2.75) is 45.6 Å². The van der Waals surface area contributed by atoms with Gasteiger partial charge in [-0.2, -0.15) is 0 Å². The Morgan fingerprint density at radius 2 is 2.24 bits per heavy atom. The number of aromatic nitrogens is 1. The number of hydrogen-bond acceptors (Lipinski definition) is 4. The first-order valence-electron chi connectivity index (χ1n) is 6.58. The van der Waals surface area contributed by atoms with Crippen LogP contribution in [0.4, 0.5) is 0 Å². The van der Waals surface area contributed by atoms with Gasteiger partial charge in [-0.1, -0.05) is 11.6 Å². The molecule has 2 rings (SSSR count). The molecule has 17 heavy (non-hydrogen) atoms. The third-order valence-corrected chi connectivity index (χ3v) is 3.85. The van der Waals surface area contributed by atoms with Crippen LogP contribution >= 0.6 is 0 Å². The number of rotatable bonds is 4. The van der Waals surface area contributed by atoms with Gasteiger partial charge >= 0.3 is 0 Å². The summed E-state index contributed by atoms with van der Waals surface area (Å²) in [5.74, 6) is 0.962. The second-order valence-electron chi connectivity index (χ2n) is 4.97. The maximum Gasteiger partial charge on any atom is 0.137 e. The predicted molar refractivity (Wildman–Crippen MR) is 67.9 cm³/mol. The van der Waals surface area contributed by atoms with Crippen molar-refractivity contribution >= 4 is 0 Å². The Kier molecular flexibility index (Phi) is 4.18. The Bertz CT molecular complexity index is 342. The van der Waals surface area contributed by atoms with Crippen LogP contribution in [0.3, 0.4) is 0 Å². The van der Waals surface area contributed by atoms with Crippen molar-refractivity contribution in [3.63, 3.8) is 0 Å². The summed E-state index contributed by atoms with van der Waals surface area (Å²) in [4.78, 5) is 2.52. The number of nitrogens with two attached hydrogens (primary N) is 1. The topological polar surface area (TPSA) is 55.3 Å². The summed E-state index contributed by atoms with van der Waals surface area (Å²) in [5, 5.41) is 4.00. The number of likely N-dealkylation sites (tertiary alicyclic amines) is 1. The lowest BCUT2D eigenvalue weighted by Crippen LogP contribution is -2.44. The lowest BCUT2D eigenvalue weighted by Gasteiger charge is -2.34. The molecule has 1 unspecified atom stereocenters. The fourth-order valence-corrected chi connectivity index (χ4v) is 2.74. The summed E-state index contributed by atoms with van der Waals surface area (Å²) >= 11 is 0. The maximum atomic E-state index is 5.83. The minimum atomic E-state index is 0.573. The van der Waals surface area contributed by atoms with Crippen molar-refractivity contribution in [1.82, 2.24) is 10.1 Å². The Hall–Kier alpha value is -0.870. The van der Waals surface area contributed by atoms with Crippen LogP contribution in [-0.4, -0.2) is 35.7 Å². The molecule has 0 aliphatic carbocycles. The Labute approximate surface area is 103 Å². The Balaban J connectivity index is 1.92. The molecule has 1 fully saturated rings. The zero-order chi connectivity index (χ0) is 12.3. The molecule has 0 bridgehead atoms. The summed E-state index contributed by atoms with van der Waals surface area (Å²) in [6.45, 7) is 7.05. The van der Waals surface area contributed by atoms with Crippen LogP contribution in [0.2, 0.25) is 0 Å². The number of aryl methyl sites for hydroxylation is 2. The van der Waals surface area contributed by atoms with Gasteiger partial charge < -0.3 is 10.3 Å². The quantitative estimate of drug-likeness (QED) is 0.865. The molecule has 2 N–H and O–H groups in total. The van der Waals surface area contributed by atoms with Crippen molar-refractivity contribution in [2.75, 3.05) is 19.6 Å². The monoisotopic (exact) mass is 237 g/mol. The first-order valence-corrected chi connectivity index (χ1v) is 6.58. The van der Waals surface area contributed by atoms with Gasteiger partial charge in [0.15, 0.2) is 0 Å². The van der Waals surface area contributed by atoms with E-state index in [4.69, 9.17) is 10.3 Å². The average Bonchev–Trinajstić information content (AvgIpc) is 2.67. The van der Waals surface area contributed by atoms with Crippen LogP contribution in [0.25, 0.3) is 0 Å². The lowest BCUT2D eigenvalue weighted by atomic mass is 10.0. The molecule has 1 aliphatic heterocycles. The first kappa shape index (κ1) is 12.6. The highest BCUT2D eigenvalue weighted by Gasteiger charge is 2.21. The predicted octanol–water partition coefficient (Wildman–Crippen LogP) is 1.65. The summed E-state index contributed by atoms with van der Waals surface area (Å²) in [6.07, 6.45) is 4.90. The molecule has 0 spiro atoms. The number of piperidine rings is 1. The van der Waals surface area contributed by atoms with E-state index in [0.717, 1.165) is 31.0 Å². The molecule has 96 valence electrons. The molecule has 1 aromatic heterocycles. The van der Waals surface area contributed by atoms with E-state index in [1.807, 2.05) is 13.8 Å². The summed E-state index contributed by atoms with van der Waals surface area (Å²) in [6, 6.07) is 0.573. The van der Waals surface area contributed by atoms with E-state index in [9.17, 15) is 0 Å². The molecule has 0 amide bonds. The molecule has 0 radical (unpaired) electrons. The SMILES string of the molecule is Cc1noc(C)c1CCN1CCCCC1CN. The van der Waals surface area contributed by atoms with Gasteiger partial charge in [-0.3, -0.25) is 4.90 Å². The molecular formula is C13H23N3O. The second-order valence-corrected chi connectivity index (χ2v) is 4.97. The Morgan fingerprint density at radius 1 is 1.41 bits per heavy atom. The smallest absolute Gasteiger partial charge is 0.137 e. The molecule has 0 saturated carbocycles. The van der Waals surface area contributed by atoms with Gasteiger partial charge in [-0.15, -0.1) is 0 Å². The van der Waals surface area contributed by atoms with Gasteiger partial charge in [0.05, 0.1) is 5.69 Å². The highest BCUT2D eigenvalue weighted by atomic mass is 16.5. The van der Waals surface area contributed by atoms with Crippen molar-refractivity contribution < 1.29 is 4.52 Å². The maximum absolute atomic E-state index is 5.83. The molecule has 1 saturated heterocycles. The van der Waals surface area contributed by atoms with E-state index in [1.54, 1.807) is 0 Å². The summed E-state index contributed by atoms with van der Waals surface area (Å²) < 4.78 is 5.20. The van der Waals surface area contributed by atoms with Gasteiger partial charge in [0.2, 0.25) is 0 Å². The Morgan fingerprint density at radius 3 is 2.88 bits per heavy atom. The fraction of sp³-hybridized carbons (Fsp3) is 0.769. The molecule has 1 atom stereocenters. The highest BCUT2D eigenvalue weighted by molar-refractivity contribution is 5.21. The fourth-order valence-electron chi connectivity index (χ4n) is 2.74. The van der Waals surface area contributed by atoms with Crippen LogP contribution in [0.1, 0.15) is 36.3 Å². The zero-order valence-corrected chi connectivity index (χ0v) is 10.9. The van der Waals surface area contributed by atoms with Crippen molar-refractivity contribution in [2.24, 2.45) is 5.73 Å². The molecule has 2 heterocycles. The van der Waals surface area contributed by atoms with Gasteiger partial charge in [-0.05, 0) is 39.7 Å². The number of nitrogens with zero attached hydrogens (tertiary/aromatic N) is 2. The van der Waals surface area contributed by atoms with Crippen LogP contribution in [0.15, 0.2) is 4.52 Å². The van der Waals surface area contributed by atoms with Crippen LogP contribution in [0, 0.1) is 13.8 Å². The second kappa shape index (κ2) is 5.65. The third-order valence-electron chi connectivity index (χ3n) is 3.85. The molecular weight excluding hydrogens is 214 g/mol. The minimum absolute atomic E-state index is 0.573. The van der Waals surface area contributed by atoms with E-state index < -0.39 is 0 Å². The van der Waals surface area contributed by atoms with Crippen LogP contribution in [0.5, 0.6) is 0 Å². The molecule has 4 nitrogen and oxygen atoms in total. The van der Waals surface area contributed by atoms with E-state index >= 15 is 0 Å². The lowest BCUT2D eigenvalue weighted by molar-refractivity contribution is 0.154. The van der Waals surface area contributed by atoms with Crippen LogP contribution < -0.4 is 5.73 Å². The molecule has 1 aliphatic rings. The van der Waals surface area contributed by atoms with Crippen molar-refractivity contribution in [3.05, 3.63) is 17.0 Å². The van der Waals surface area contributed by atoms with E-state index in [2.05, 4.69) is 10.1 Å². The van der Waals surface area contributed by atoms with Crippen molar-refractivity contribution in [3.8, 4) is 0 Å². The molecule has 4 heteroatoms. The van der Waals surface area contributed by atoms with E-state index in [1.165, 1.54) is 31.4 Å². The van der Waals surface area contributed by atoms with Crippen LogP contribution in [-0.2, 0) is 6.42 Å². The average molecular weight is 237 g/mol. The zero-order valence-electron chi connectivity index (χ0n) is 10.9. The van der Waals surface area contributed by atoms with Gasteiger partial charge in [0.1, 0.15) is 5.76 Å². The normalized spacial score (nSPS) is 21.9. The van der Waals surface area contributed by atoms with E-state index in [-0.39, 0.29) is 0 Å². The largest absolute Gasteiger partial charge is 0.361 e. The summed E-state index contributed by atoms with van der Waals surface area (Å²) in [5.41, 5.74) is 8.13. The first-order chi connectivity index (χ1) is 8.22. The van der Waals surface area contributed by atoms with Gasteiger partial charge in [0, 0.05) is 24.7 Å².